The van der Waals surface area contributed by atoms with E-state index in [4.69, 9.17) is 5.26 Å². The Hall–Kier alpha value is -1.82. The molecule has 1 aliphatic carbocycles. The highest BCUT2D eigenvalue weighted by molar-refractivity contribution is 5.94. The van der Waals surface area contributed by atoms with E-state index >= 15 is 0 Å². The van der Waals surface area contributed by atoms with Gasteiger partial charge < -0.3 is 4.90 Å². The zero-order chi connectivity index (χ0) is 13.0. The molecule has 0 heterocycles. The molecule has 0 aliphatic heterocycles. The lowest BCUT2D eigenvalue weighted by atomic mass is 10.1. The molecule has 0 aromatic heterocycles. The molecule has 0 bridgehead atoms. The van der Waals surface area contributed by atoms with Crippen molar-refractivity contribution in [3.05, 3.63) is 34.9 Å². The van der Waals surface area contributed by atoms with E-state index in [1.165, 1.54) is 17.5 Å². The maximum atomic E-state index is 12.3. The van der Waals surface area contributed by atoms with Crippen LogP contribution in [0.4, 0.5) is 0 Å². The van der Waals surface area contributed by atoms with Gasteiger partial charge in [-0.3, -0.25) is 4.79 Å². The van der Waals surface area contributed by atoms with Gasteiger partial charge in [0.25, 0.3) is 5.91 Å². The molecule has 2 rings (SSSR count). The number of nitrogens with zero attached hydrogens (tertiary/aromatic N) is 2. The second-order valence-electron chi connectivity index (χ2n) is 4.63. The highest BCUT2D eigenvalue weighted by atomic mass is 16.2. The summed E-state index contributed by atoms with van der Waals surface area (Å²) in [7, 11) is 0. The lowest BCUT2D eigenvalue weighted by Crippen LogP contribution is -2.31. The number of carbonyl (C=O) groups is 1. The van der Waals surface area contributed by atoms with Crippen LogP contribution < -0.4 is 0 Å². The van der Waals surface area contributed by atoms with Crippen molar-refractivity contribution in [1.29, 1.82) is 5.26 Å². The zero-order valence-corrected chi connectivity index (χ0v) is 10.8. The third-order valence-electron chi connectivity index (χ3n) is 3.51. The molecule has 1 aliphatic rings. The number of hydrogen-bond donors (Lipinski definition) is 0. The summed E-state index contributed by atoms with van der Waals surface area (Å²) in [6, 6.07) is 8.11. The van der Waals surface area contributed by atoms with E-state index < -0.39 is 0 Å². The van der Waals surface area contributed by atoms with Crippen LogP contribution in [0.1, 0.15) is 41.3 Å². The first kappa shape index (κ1) is 12.6. The van der Waals surface area contributed by atoms with Crippen LogP contribution in [-0.2, 0) is 12.8 Å². The third-order valence-corrected chi connectivity index (χ3v) is 3.51. The Morgan fingerprint density at radius 1 is 1.39 bits per heavy atom. The maximum Gasteiger partial charge on any atom is 0.253 e. The summed E-state index contributed by atoms with van der Waals surface area (Å²) in [5.41, 5.74) is 3.46. The number of carbonyl (C=O) groups excluding carboxylic acids is 1. The van der Waals surface area contributed by atoms with Crippen LogP contribution in [0.15, 0.2) is 18.2 Å². The van der Waals surface area contributed by atoms with Crippen LogP contribution in [-0.4, -0.2) is 23.9 Å². The Bertz CT molecular complexity index is 488. The van der Waals surface area contributed by atoms with Gasteiger partial charge in [-0.05, 0) is 49.4 Å². The average molecular weight is 242 g/mol. The van der Waals surface area contributed by atoms with E-state index in [-0.39, 0.29) is 5.91 Å². The summed E-state index contributed by atoms with van der Waals surface area (Å²) >= 11 is 0. The van der Waals surface area contributed by atoms with Crippen molar-refractivity contribution in [3.63, 3.8) is 0 Å². The van der Waals surface area contributed by atoms with E-state index in [9.17, 15) is 4.79 Å². The van der Waals surface area contributed by atoms with Crippen LogP contribution in [0.5, 0.6) is 0 Å². The molecule has 1 amide bonds. The lowest BCUT2D eigenvalue weighted by Gasteiger charge is -2.19. The number of fused-ring (bicyclic) bond motifs is 1. The van der Waals surface area contributed by atoms with Crippen molar-refractivity contribution in [2.24, 2.45) is 0 Å². The van der Waals surface area contributed by atoms with Gasteiger partial charge in [0, 0.05) is 18.7 Å². The molecule has 0 saturated heterocycles. The van der Waals surface area contributed by atoms with E-state index in [2.05, 4.69) is 12.1 Å². The van der Waals surface area contributed by atoms with Crippen molar-refractivity contribution in [2.75, 3.05) is 13.1 Å². The van der Waals surface area contributed by atoms with Crippen LogP contribution in [0.3, 0.4) is 0 Å². The van der Waals surface area contributed by atoms with Crippen molar-refractivity contribution in [2.45, 2.75) is 32.6 Å². The Kier molecular flexibility index (Phi) is 3.99. The summed E-state index contributed by atoms with van der Waals surface area (Å²) < 4.78 is 0. The molecular weight excluding hydrogens is 224 g/mol. The number of benzene rings is 1. The molecule has 0 radical (unpaired) electrons. The highest BCUT2D eigenvalue weighted by Gasteiger charge is 2.17. The van der Waals surface area contributed by atoms with E-state index in [0.29, 0.717) is 19.5 Å². The smallest absolute Gasteiger partial charge is 0.253 e. The lowest BCUT2D eigenvalue weighted by molar-refractivity contribution is 0.0767. The fourth-order valence-corrected chi connectivity index (χ4v) is 2.48. The van der Waals surface area contributed by atoms with Gasteiger partial charge in [-0.1, -0.05) is 6.07 Å². The van der Waals surface area contributed by atoms with E-state index in [1.807, 2.05) is 19.1 Å². The van der Waals surface area contributed by atoms with Crippen LogP contribution in [0.2, 0.25) is 0 Å². The van der Waals surface area contributed by atoms with Gasteiger partial charge in [0.15, 0.2) is 0 Å². The van der Waals surface area contributed by atoms with Gasteiger partial charge >= 0.3 is 0 Å². The fraction of sp³-hybridized carbons (Fsp3) is 0.467. The van der Waals surface area contributed by atoms with Crippen molar-refractivity contribution in [3.8, 4) is 6.07 Å². The number of amides is 1. The summed E-state index contributed by atoms with van der Waals surface area (Å²) in [5.74, 6) is 0.0439. The normalized spacial score (nSPS) is 12.9. The molecule has 0 N–H and O–H groups in total. The zero-order valence-electron chi connectivity index (χ0n) is 10.8. The van der Waals surface area contributed by atoms with Crippen LogP contribution in [0, 0.1) is 11.3 Å². The van der Waals surface area contributed by atoms with Crippen LogP contribution >= 0.6 is 0 Å². The molecule has 0 fully saturated rings. The Morgan fingerprint density at radius 3 is 2.89 bits per heavy atom. The minimum Gasteiger partial charge on any atom is -0.338 e. The minimum atomic E-state index is 0.0439. The SMILES string of the molecule is CCN(CCC#N)C(=O)c1ccc2c(c1)CCC2. The molecule has 18 heavy (non-hydrogen) atoms. The summed E-state index contributed by atoms with van der Waals surface area (Å²) in [6.07, 6.45) is 3.81. The number of aryl methyl sites for hydroxylation is 2. The fourth-order valence-electron chi connectivity index (χ4n) is 2.48. The molecule has 0 unspecified atom stereocenters. The van der Waals surface area contributed by atoms with Gasteiger partial charge in [-0.15, -0.1) is 0 Å². The van der Waals surface area contributed by atoms with E-state index in [1.54, 1.807) is 4.90 Å². The molecular formula is C15H18N2O. The Morgan fingerprint density at radius 2 is 2.17 bits per heavy atom. The predicted molar refractivity (Wildman–Crippen MR) is 70.3 cm³/mol. The monoisotopic (exact) mass is 242 g/mol. The minimum absolute atomic E-state index is 0.0439. The molecule has 3 heteroatoms. The molecule has 0 spiro atoms. The summed E-state index contributed by atoms with van der Waals surface area (Å²) in [4.78, 5) is 14.0. The van der Waals surface area contributed by atoms with Gasteiger partial charge in [-0.2, -0.15) is 5.26 Å². The predicted octanol–water partition coefficient (Wildman–Crippen LogP) is 2.55. The first-order chi connectivity index (χ1) is 8.76. The third kappa shape index (κ3) is 2.53. The number of nitriles is 1. The molecule has 94 valence electrons. The average Bonchev–Trinajstić information content (AvgIpc) is 2.86. The second kappa shape index (κ2) is 5.68. The molecule has 1 aromatic carbocycles. The standard InChI is InChI=1S/C15H18N2O/c1-2-17(10-4-9-16)15(18)14-8-7-12-5-3-6-13(12)11-14/h7-8,11H,2-6,10H2,1H3. The molecule has 0 saturated carbocycles. The van der Waals surface area contributed by atoms with Gasteiger partial charge in [0.2, 0.25) is 0 Å². The molecule has 3 nitrogen and oxygen atoms in total. The Labute approximate surface area is 108 Å². The van der Waals surface area contributed by atoms with Crippen molar-refractivity contribution < 1.29 is 4.79 Å². The quantitative estimate of drug-likeness (QED) is 0.814. The van der Waals surface area contributed by atoms with Crippen molar-refractivity contribution in [1.82, 2.24) is 4.90 Å². The van der Waals surface area contributed by atoms with Gasteiger partial charge in [-0.25, -0.2) is 0 Å². The topological polar surface area (TPSA) is 44.1 Å². The van der Waals surface area contributed by atoms with E-state index in [0.717, 1.165) is 18.4 Å². The number of hydrogen-bond acceptors (Lipinski definition) is 2. The van der Waals surface area contributed by atoms with Crippen molar-refractivity contribution >= 4 is 5.91 Å². The second-order valence-corrected chi connectivity index (χ2v) is 4.63. The summed E-state index contributed by atoms with van der Waals surface area (Å²) in [6.45, 7) is 3.11. The summed E-state index contributed by atoms with van der Waals surface area (Å²) in [5, 5.41) is 8.60. The largest absolute Gasteiger partial charge is 0.338 e. The van der Waals surface area contributed by atoms with Crippen LogP contribution in [0.25, 0.3) is 0 Å². The first-order valence-electron chi connectivity index (χ1n) is 6.54. The van der Waals surface area contributed by atoms with Gasteiger partial charge in [0.05, 0.1) is 12.5 Å². The Balaban J connectivity index is 2.15. The first-order valence-corrected chi connectivity index (χ1v) is 6.54. The maximum absolute atomic E-state index is 12.3. The van der Waals surface area contributed by atoms with Gasteiger partial charge in [0.1, 0.15) is 0 Å². The number of rotatable bonds is 4. The highest BCUT2D eigenvalue weighted by Crippen LogP contribution is 2.23. The molecule has 0 atom stereocenters. The molecule has 1 aromatic rings.